The van der Waals surface area contributed by atoms with Crippen molar-refractivity contribution in [3.63, 3.8) is 0 Å². The number of carbonyl (C=O) groups excluding carboxylic acids is 2. The van der Waals surface area contributed by atoms with E-state index in [0.717, 1.165) is 12.1 Å². The van der Waals surface area contributed by atoms with Crippen LogP contribution in [0.15, 0.2) is 18.3 Å². The predicted octanol–water partition coefficient (Wildman–Crippen LogP) is 1.99. The number of nitrogens with one attached hydrogen (secondary N) is 1. The van der Waals surface area contributed by atoms with Gasteiger partial charge in [0.25, 0.3) is 0 Å². The van der Waals surface area contributed by atoms with E-state index in [1.54, 1.807) is 20.8 Å². The lowest BCUT2D eigenvalue weighted by molar-refractivity contribution is -0.109. The van der Waals surface area contributed by atoms with Crippen LogP contribution in [0, 0.1) is 5.82 Å². The van der Waals surface area contributed by atoms with Crippen LogP contribution in [0.1, 0.15) is 32.5 Å². The second-order valence-corrected chi connectivity index (χ2v) is 4.66. The number of pyridine rings is 1. The van der Waals surface area contributed by atoms with E-state index < -0.39 is 23.6 Å². The van der Waals surface area contributed by atoms with E-state index in [1.165, 1.54) is 6.20 Å². The van der Waals surface area contributed by atoms with Gasteiger partial charge in [-0.2, -0.15) is 0 Å². The molecule has 98 valence electrons. The summed E-state index contributed by atoms with van der Waals surface area (Å²) in [6.45, 7) is 5.09. The number of aldehydes is 1. The quantitative estimate of drug-likeness (QED) is 0.837. The molecule has 0 fully saturated rings. The molecule has 0 saturated carbocycles. The average molecular weight is 254 g/mol. The highest BCUT2D eigenvalue weighted by atomic mass is 19.1. The molecule has 0 aliphatic heterocycles. The van der Waals surface area contributed by atoms with Gasteiger partial charge in [-0.3, -0.25) is 4.98 Å². The van der Waals surface area contributed by atoms with Crippen LogP contribution >= 0.6 is 0 Å². The number of aromatic nitrogens is 1. The Morgan fingerprint density at radius 1 is 1.56 bits per heavy atom. The Balaban J connectivity index is 2.74. The third-order valence-corrected chi connectivity index (χ3v) is 1.87. The van der Waals surface area contributed by atoms with Crippen molar-refractivity contribution in [3.8, 4) is 0 Å². The summed E-state index contributed by atoms with van der Waals surface area (Å²) >= 11 is 0. The molecule has 0 saturated heterocycles. The highest BCUT2D eigenvalue weighted by molar-refractivity contribution is 5.74. The molecule has 1 unspecified atom stereocenters. The lowest BCUT2D eigenvalue weighted by atomic mass is 10.2. The Kier molecular flexibility index (Phi) is 4.36. The molecule has 1 aromatic heterocycles. The number of nitrogens with zero attached hydrogens (tertiary/aromatic N) is 1. The largest absolute Gasteiger partial charge is 0.444 e. The topological polar surface area (TPSA) is 68.3 Å². The molecule has 5 nitrogen and oxygen atoms in total. The maximum atomic E-state index is 13.0. The standard InChI is InChI=1S/C12H15FN2O3/c1-12(2,3)18-11(17)15-10(7-16)9-6-8(13)4-5-14-9/h4-7,10H,1-3H3,(H,15,17). The maximum Gasteiger partial charge on any atom is 0.408 e. The van der Waals surface area contributed by atoms with Crippen molar-refractivity contribution in [2.45, 2.75) is 32.4 Å². The first kappa shape index (κ1) is 14.1. The van der Waals surface area contributed by atoms with Crippen molar-refractivity contribution in [2.24, 2.45) is 0 Å². The van der Waals surface area contributed by atoms with Crippen molar-refractivity contribution < 1.29 is 18.7 Å². The fraction of sp³-hybridized carbons (Fsp3) is 0.417. The number of ether oxygens (including phenoxy) is 1. The number of alkyl carbamates (subject to hydrolysis) is 1. The summed E-state index contributed by atoms with van der Waals surface area (Å²) in [5.74, 6) is -0.530. The molecular weight excluding hydrogens is 239 g/mol. The van der Waals surface area contributed by atoms with Crippen molar-refractivity contribution in [2.75, 3.05) is 0 Å². The van der Waals surface area contributed by atoms with Gasteiger partial charge in [0.2, 0.25) is 0 Å². The molecule has 0 aliphatic carbocycles. The van der Waals surface area contributed by atoms with Gasteiger partial charge in [0, 0.05) is 6.20 Å². The van der Waals surface area contributed by atoms with E-state index in [4.69, 9.17) is 4.74 Å². The zero-order chi connectivity index (χ0) is 13.8. The van der Waals surface area contributed by atoms with E-state index in [1.807, 2.05) is 0 Å². The lowest BCUT2D eigenvalue weighted by Gasteiger charge is -2.21. The summed E-state index contributed by atoms with van der Waals surface area (Å²) in [6.07, 6.45) is 0.926. The molecule has 0 aliphatic rings. The minimum absolute atomic E-state index is 0.121. The third kappa shape index (κ3) is 4.48. The fourth-order valence-electron chi connectivity index (χ4n) is 1.20. The Hall–Kier alpha value is -1.98. The van der Waals surface area contributed by atoms with Crippen LogP contribution in [0.3, 0.4) is 0 Å². The van der Waals surface area contributed by atoms with E-state index >= 15 is 0 Å². The van der Waals surface area contributed by atoms with Gasteiger partial charge in [-0.05, 0) is 32.9 Å². The molecule has 0 bridgehead atoms. The molecule has 1 rings (SSSR count). The van der Waals surface area contributed by atoms with Gasteiger partial charge < -0.3 is 14.8 Å². The molecule has 1 N–H and O–H groups in total. The zero-order valence-electron chi connectivity index (χ0n) is 10.4. The minimum Gasteiger partial charge on any atom is -0.444 e. The predicted molar refractivity (Wildman–Crippen MR) is 62.4 cm³/mol. The fourth-order valence-corrected chi connectivity index (χ4v) is 1.20. The van der Waals surface area contributed by atoms with E-state index in [9.17, 15) is 14.0 Å². The first-order valence-corrected chi connectivity index (χ1v) is 5.38. The van der Waals surface area contributed by atoms with Crippen molar-refractivity contribution in [1.82, 2.24) is 10.3 Å². The molecule has 0 spiro atoms. The number of rotatable bonds is 3. The number of amides is 1. The summed E-state index contributed by atoms with van der Waals surface area (Å²) in [4.78, 5) is 26.2. The Morgan fingerprint density at radius 3 is 2.72 bits per heavy atom. The van der Waals surface area contributed by atoms with E-state index in [0.29, 0.717) is 6.29 Å². The van der Waals surface area contributed by atoms with Gasteiger partial charge in [-0.15, -0.1) is 0 Å². The molecule has 1 amide bonds. The number of hydrogen-bond donors (Lipinski definition) is 1. The molecule has 0 radical (unpaired) electrons. The van der Waals surface area contributed by atoms with Gasteiger partial charge >= 0.3 is 6.09 Å². The number of carbonyl (C=O) groups is 2. The van der Waals surface area contributed by atoms with Gasteiger partial charge in [0.05, 0.1) is 5.69 Å². The highest BCUT2D eigenvalue weighted by Crippen LogP contribution is 2.11. The van der Waals surface area contributed by atoms with Gasteiger partial charge in [0.1, 0.15) is 23.7 Å². The third-order valence-electron chi connectivity index (χ3n) is 1.87. The minimum atomic E-state index is -1.03. The normalized spacial score (nSPS) is 12.7. The SMILES string of the molecule is CC(C)(C)OC(=O)NC(C=O)c1cc(F)ccn1. The smallest absolute Gasteiger partial charge is 0.408 e. The Morgan fingerprint density at radius 2 is 2.22 bits per heavy atom. The summed E-state index contributed by atoms with van der Waals surface area (Å²) in [6, 6.07) is 1.20. The molecule has 18 heavy (non-hydrogen) atoms. The maximum absolute atomic E-state index is 13.0. The first-order valence-electron chi connectivity index (χ1n) is 5.38. The second-order valence-electron chi connectivity index (χ2n) is 4.66. The lowest BCUT2D eigenvalue weighted by Crippen LogP contribution is -2.35. The van der Waals surface area contributed by atoms with E-state index in [2.05, 4.69) is 10.3 Å². The van der Waals surface area contributed by atoms with Crippen LogP contribution in [0.4, 0.5) is 9.18 Å². The van der Waals surface area contributed by atoms with Crippen LogP contribution in [0.2, 0.25) is 0 Å². The summed E-state index contributed by atoms with van der Waals surface area (Å²) < 4.78 is 18.0. The number of hydrogen-bond acceptors (Lipinski definition) is 4. The van der Waals surface area contributed by atoms with Crippen molar-refractivity contribution in [3.05, 3.63) is 29.8 Å². The van der Waals surface area contributed by atoms with Crippen molar-refractivity contribution in [1.29, 1.82) is 0 Å². The molecular formula is C12H15FN2O3. The number of halogens is 1. The highest BCUT2D eigenvalue weighted by Gasteiger charge is 2.21. The molecule has 1 atom stereocenters. The Bertz CT molecular complexity index is 443. The summed E-state index contributed by atoms with van der Waals surface area (Å²) in [5, 5.41) is 2.31. The van der Waals surface area contributed by atoms with Crippen LogP contribution in [-0.4, -0.2) is 23.0 Å². The van der Waals surface area contributed by atoms with Gasteiger partial charge in [0.15, 0.2) is 0 Å². The monoisotopic (exact) mass is 254 g/mol. The van der Waals surface area contributed by atoms with Crippen LogP contribution in [0.5, 0.6) is 0 Å². The van der Waals surface area contributed by atoms with E-state index in [-0.39, 0.29) is 5.69 Å². The van der Waals surface area contributed by atoms with Gasteiger partial charge in [-0.1, -0.05) is 0 Å². The van der Waals surface area contributed by atoms with Gasteiger partial charge in [-0.25, -0.2) is 9.18 Å². The van der Waals surface area contributed by atoms with Crippen LogP contribution < -0.4 is 5.32 Å². The summed E-state index contributed by atoms with van der Waals surface area (Å²) in [7, 11) is 0. The van der Waals surface area contributed by atoms with Crippen LogP contribution in [0.25, 0.3) is 0 Å². The molecule has 1 aromatic rings. The van der Waals surface area contributed by atoms with Crippen LogP contribution in [-0.2, 0) is 9.53 Å². The average Bonchev–Trinajstić information content (AvgIpc) is 2.23. The Labute approximate surface area is 104 Å². The summed E-state index contributed by atoms with van der Waals surface area (Å²) in [5.41, 5.74) is -0.553. The molecule has 6 heteroatoms. The molecule has 0 aromatic carbocycles. The molecule has 1 heterocycles. The second kappa shape index (κ2) is 5.57. The van der Waals surface area contributed by atoms with Crippen molar-refractivity contribution >= 4 is 12.4 Å². The first-order chi connectivity index (χ1) is 8.31. The zero-order valence-corrected chi connectivity index (χ0v) is 10.4.